The van der Waals surface area contributed by atoms with Crippen molar-refractivity contribution in [2.24, 2.45) is 0 Å². The van der Waals surface area contributed by atoms with Crippen LogP contribution in [-0.4, -0.2) is 6.54 Å². The number of anilines is 1. The molecular formula is C25H25BrN2. The first-order chi connectivity index (χ1) is 13.3. The average Bonchev–Trinajstić information content (AvgIpc) is 2.73. The minimum atomic E-state index is 0. The van der Waals surface area contributed by atoms with Gasteiger partial charge in [0, 0.05) is 41.5 Å². The molecule has 3 aromatic rings. The number of pyridine rings is 1. The normalized spacial score (nSPS) is 14.5. The number of nitrogens with zero attached hydrogens (tertiary/aromatic N) is 2. The van der Waals surface area contributed by atoms with Crippen LogP contribution in [0.4, 0.5) is 5.69 Å². The Balaban J connectivity index is 0.00000225. The van der Waals surface area contributed by atoms with Crippen LogP contribution in [0.1, 0.15) is 25.1 Å². The predicted octanol–water partition coefficient (Wildman–Crippen LogP) is 2.60. The van der Waals surface area contributed by atoms with Crippen LogP contribution < -0.4 is 26.4 Å². The first-order valence-electron chi connectivity index (χ1n) is 9.66. The van der Waals surface area contributed by atoms with Crippen molar-refractivity contribution in [3.63, 3.8) is 0 Å². The molecule has 1 aliphatic heterocycles. The third-order valence-electron chi connectivity index (χ3n) is 5.11. The van der Waals surface area contributed by atoms with Crippen LogP contribution in [-0.2, 0) is 6.54 Å². The van der Waals surface area contributed by atoms with Crippen molar-refractivity contribution in [2.45, 2.75) is 20.4 Å². The van der Waals surface area contributed by atoms with Crippen molar-refractivity contribution in [2.75, 3.05) is 11.4 Å². The Bertz CT molecular complexity index is 1060. The van der Waals surface area contributed by atoms with Gasteiger partial charge in [-0.05, 0) is 49.8 Å². The molecule has 0 aliphatic carbocycles. The minimum absolute atomic E-state index is 0. The number of aromatic nitrogens is 1. The molecule has 0 unspecified atom stereocenters. The number of halogens is 1. The van der Waals surface area contributed by atoms with Crippen molar-refractivity contribution in [3.8, 4) is 0 Å². The van der Waals surface area contributed by atoms with Gasteiger partial charge in [0.15, 0.2) is 0 Å². The van der Waals surface area contributed by atoms with Gasteiger partial charge in [-0.15, -0.1) is 0 Å². The van der Waals surface area contributed by atoms with E-state index in [9.17, 15) is 0 Å². The van der Waals surface area contributed by atoms with Crippen molar-refractivity contribution < 1.29 is 21.5 Å². The van der Waals surface area contributed by atoms with Gasteiger partial charge in [-0.3, -0.25) is 0 Å². The van der Waals surface area contributed by atoms with Crippen LogP contribution in [0, 0.1) is 0 Å². The summed E-state index contributed by atoms with van der Waals surface area (Å²) in [6, 6.07) is 21.5. The number of aryl methyl sites for hydroxylation is 1. The van der Waals surface area contributed by atoms with Crippen LogP contribution in [0.2, 0.25) is 0 Å². The predicted molar refractivity (Wildman–Crippen MR) is 115 cm³/mol. The molecule has 0 spiro atoms. The molecule has 0 amide bonds. The molecule has 1 aliphatic rings. The number of para-hydroxylation sites is 2. The Hall–Kier alpha value is -2.65. The molecule has 0 atom stereocenters. The fourth-order valence-corrected chi connectivity index (χ4v) is 3.80. The second kappa shape index (κ2) is 9.03. The van der Waals surface area contributed by atoms with Gasteiger partial charge in [0.25, 0.3) is 0 Å². The second-order valence-corrected chi connectivity index (χ2v) is 6.65. The molecule has 2 nitrogen and oxygen atoms in total. The summed E-state index contributed by atoms with van der Waals surface area (Å²) in [5, 5.41) is 1.28. The number of hydrogen-bond acceptors (Lipinski definition) is 1. The molecule has 0 saturated carbocycles. The third kappa shape index (κ3) is 3.81. The fourth-order valence-electron chi connectivity index (χ4n) is 3.80. The molecule has 0 N–H and O–H groups in total. The zero-order valence-corrected chi connectivity index (χ0v) is 17.9. The molecular weight excluding hydrogens is 408 g/mol. The van der Waals surface area contributed by atoms with Gasteiger partial charge in [-0.2, -0.15) is 4.57 Å². The molecule has 4 rings (SSSR count). The molecule has 2 aromatic carbocycles. The highest BCUT2D eigenvalue weighted by Gasteiger charge is 2.15. The summed E-state index contributed by atoms with van der Waals surface area (Å²) in [6.07, 6.45) is 11.0. The van der Waals surface area contributed by atoms with E-state index in [1.807, 2.05) is 0 Å². The van der Waals surface area contributed by atoms with Gasteiger partial charge in [0.05, 0.1) is 0 Å². The van der Waals surface area contributed by atoms with E-state index in [1.165, 1.54) is 33.5 Å². The Labute approximate surface area is 177 Å². The summed E-state index contributed by atoms with van der Waals surface area (Å²) in [5.74, 6) is 0. The van der Waals surface area contributed by atoms with Gasteiger partial charge in [0.1, 0.15) is 6.54 Å². The summed E-state index contributed by atoms with van der Waals surface area (Å²) in [5.41, 5.74) is 6.26. The van der Waals surface area contributed by atoms with Gasteiger partial charge in [0.2, 0.25) is 11.2 Å². The first-order valence-corrected chi connectivity index (χ1v) is 9.66. The van der Waals surface area contributed by atoms with Gasteiger partial charge >= 0.3 is 0 Å². The summed E-state index contributed by atoms with van der Waals surface area (Å²) >= 11 is 0. The van der Waals surface area contributed by atoms with Crippen molar-refractivity contribution in [1.29, 1.82) is 0 Å². The van der Waals surface area contributed by atoms with Crippen LogP contribution in [0.5, 0.6) is 0 Å². The standard InChI is InChI=1S/C25H25N2.BrH/c1-3-26-22(18-16-20-10-5-7-14-24(20)26)12-9-13-23-19-17-21-11-6-8-15-25(21)27(23)4-2;/h5-19H,3-4H2,1-2H3;1H/q+1;/p-1. The lowest BCUT2D eigenvalue weighted by Crippen LogP contribution is -3.00. The smallest absolute Gasteiger partial charge is 0.212 e. The van der Waals surface area contributed by atoms with E-state index in [-0.39, 0.29) is 17.0 Å². The zero-order chi connectivity index (χ0) is 18.6. The van der Waals surface area contributed by atoms with Crippen LogP contribution >= 0.6 is 0 Å². The third-order valence-corrected chi connectivity index (χ3v) is 5.11. The summed E-state index contributed by atoms with van der Waals surface area (Å²) in [7, 11) is 0. The van der Waals surface area contributed by atoms with E-state index >= 15 is 0 Å². The zero-order valence-electron chi connectivity index (χ0n) is 16.3. The van der Waals surface area contributed by atoms with Crippen LogP contribution in [0.25, 0.3) is 23.1 Å². The number of fused-ring (bicyclic) bond motifs is 2. The summed E-state index contributed by atoms with van der Waals surface area (Å²) in [4.78, 5) is 2.36. The number of hydrogen-bond donors (Lipinski definition) is 0. The minimum Gasteiger partial charge on any atom is -1.00 e. The maximum absolute atomic E-state index is 2.36. The van der Waals surface area contributed by atoms with Crippen molar-refractivity contribution in [1.82, 2.24) is 0 Å². The second-order valence-electron chi connectivity index (χ2n) is 6.65. The largest absolute Gasteiger partial charge is 1.00 e. The lowest BCUT2D eigenvalue weighted by Gasteiger charge is -2.29. The molecule has 0 saturated heterocycles. The molecule has 0 bridgehead atoms. The first kappa shape index (κ1) is 20.1. The van der Waals surface area contributed by atoms with Gasteiger partial charge in [-0.25, -0.2) is 0 Å². The van der Waals surface area contributed by atoms with Crippen molar-refractivity contribution in [3.05, 3.63) is 95.8 Å². The fraction of sp³-hybridized carbons (Fsp3) is 0.160. The van der Waals surface area contributed by atoms with E-state index in [2.05, 4.69) is 114 Å². The SMILES string of the molecule is CCN1C(=CC=Cc2ccc3ccccc3[n+]2CC)C=Cc2ccccc21.[Br-]. The highest BCUT2D eigenvalue weighted by molar-refractivity contribution is 5.77. The highest BCUT2D eigenvalue weighted by atomic mass is 79.9. The van der Waals surface area contributed by atoms with Gasteiger partial charge in [-0.1, -0.05) is 42.5 Å². The maximum Gasteiger partial charge on any atom is 0.212 e. The average molecular weight is 433 g/mol. The monoisotopic (exact) mass is 432 g/mol. The van der Waals surface area contributed by atoms with E-state index in [1.54, 1.807) is 0 Å². The molecule has 142 valence electrons. The number of allylic oxidation sites excluding steroid dienone is 3. The van der Waals surface area contributed by atoms with E-state index in [4.69, 9.17) is 0 Å². The van der Waals surface area contributed by atoms with E-state index < -0.39 is 0 Å². The highest BCUT2D eigenvalue weighted by Crippen LogP contribution is 2.30. The molecule has 1 aromatic heterocycles. The van der Waals surface area contributed by atoms with Crippen molar-refractivity contribution >= 4 is 28.7 Å². The maximum atomic E-state index is 2.36. The Morgan fingerprint density at radius 3 is 2.50 bits per heavy atom. The molecule has 2 heterocycles. The number of likely N-dealkylation sites (N-methyl/N-ethyl adjacent to an activating group) is 1. The summed E-state index contributed by atoms with van der Waals surface area (Å²) in [6.45, 7) is 6.29. The van der Waals surface area contributed by atoms with E-state index in [0.29, 0.717) is 0 Å². The lowest BCUT2D eigenvalue weighted by atomic mass is 10.1. The molecule has 0 fully saturated rings. The Kier molecular flexibility index (Phi) is 6.48. The molecule has 0 radical (unpaired) electrons. The Morgan fingerprint density at radius 1 is 0.893 bits per heavy atom. The lowest BCUT2D eigenvalue weighted by molar-refractivity contribution is -0.669. The van der Waals surface area contributed by atoms with E-state index in [0.717, 1.165) is 13.1 Å². The quantitative estimate of drug-likeness (QED) is 0.574. The molecule has 3 heteroatoms. The van der Waals surface area contributed by atoms with Gasteiger partial charge < -0.3 is 21.9 Å². The number of rotatable bonds is 4. The number of benzene rings is 2. The van der Waals surface area contributed by atoms with Crippen LogP contribution in [0.15, 0.2) is 84.6 Å². The topological polar surface area (TPSA) is 7.12 Å². The Morgan fingerprint density at radius 2 is 1.68 bits per heavy atom. The molecule has 28 heavy (non-hydrogen) atoms. The summed E-state index contributed by atoms with van der Waals surface area (Å²) < 4.78 is 2.36. The van der Waals surface area contributed by atoms with Crippen LogP contribution in [0.3, 0.4) is 0 Å².